The number of rotatable bonds is 4. The monoisotopic (exact) mass is 491 g/mol. The molecule has 0 amide bonds. The van der Waals surface area contributed by atoms with Gasteiger partial charge in [0.25, 0.3) is 6.02 Å². The molecular weight excluding hydrogens is 477 g/mol. The highest BCUT2D eigenvalue weighted by Gasteiger charge is 2.50. The van der Waals surface area contributed by atoms with Crippen LogP contribution >= 0.6 is 15.9 Å². The largest absolute Gasteiger partial charge is 0.452 e. The van der Waals surface area contributed by atoms with E-state index in [1.54, 1.807) is 6.07 Å². The highest BCUT2D eigenvalue weighted by Crippen LogP contribution is 2.41. The van der Waals surface area contributed by atoms with E-state index in [2.05, 4.69) is 30.6 Å². The number of pyridine rings is 1. The smallest absolute Gasteiger partial charge is 0.425 e. The van der Waals surface area contributed by atoms with Gasteiger partial charge in [-0.05, 0) is 52.7 Å². The Balaban J connectivity index is 1.97. The van der Waals surface area contributed by atoms with Gasteiger partial charge in [-0.15, -0.1) is 0 Å². The molecule has 2 aromatic rings. The van der Waals surface area contributed by atoms with Crippen LogP contribution < -0.4 is 5.73 Å². The molecule has 1 aliphatic heterocycles. The van der Waals surface area contributed by atoms with Crippen molar-refractivity contribution in [2.75, 3.05) is 0 Å². The van der Waals surface area contributed by atoms with Gasteiger partial charge in [0.05, 0.1) is 5.54 Å². The van der Waals surface area contributed by atoms with Crippen molar-refractivity contribution < 1.29 is 31.5 Å². The zero-order chi connectivity index (χ0) is 22.3. The number of nitrogens with zero attached hydrogens (tertiary/aromatic N) is 2. The van der Waals surface area contributed by atoms with Gasteiger partial charge in [-0.25, -0.2) is 13.8 Å². The van der Waals surface area contributed by atoms with E-state index in [4.69, 9.17) is 5.73 Å². The van der Waals surface area contributed by atoms with E-state index < -0.39 is 53.2 Å². The zero-order valence-corrected chi connectivity index (χ0v) is 17.0. The summed E-state index contributed by atoms with van der Waals surface area (Å²) >= 11 is 3.18. The molecule has 0 unspecified atom stereocenters. The summed E-state index contributed by atoms with van der Waals surface area (Å²) in [5.74, 6) is -3.16. The third kappa shape index (κ3) is 4.61. The fraction of sp³-hybridized carbons (Fsp3) is 0.316. The van der Waals surface area contributed by atoms with Gasteiger partial charge in [-0.3, -0.25) is 9.78 Å². The van der Waals surface area contributed by atoms with Crippen molar-refractivity contribution in [1.82, 2.24) is 4.98 Å². The quantitative estimate of drug-likeness (QED) is 0.506. The lowest BCUT2D eigenvalue weighted by atomic mass is 9.84. The molecule has 0 spiro atoms. The van der Waals surface area contributed by atoms with Gasteiger partial charge in [0.2, 0.25) is 0 Å². The van der Waals surface area contributed by atoms with Gasteiger partial charge in [0.15, 0.2) is 23.5 Å². The Morgan fingerprint density at radius 1 is 1.33 bits per heavy atom. The molecule has 160 valence electrons. The Labute approximate surface area is 176 Å². The summed E-state index contributed by atoms with van der Waals surface area (Å²) in [5.41, 5.74) is 3.24. The normalized spacial score (nSPS) is 21.7. The molecule has 2 N–H and O–H groups in total. The fourth-order valence-corrected chi connectivity index (χ4v) is 3.41. The average molecular weight is 492 g/mol. The number of ether oxygens (including phenoxy) is 1. The number of carbonyl (C=O) groups excluding carboxylic acids is 1. The molecule has 0 radical (unpaired) electrons. The lowest BCUT2D eigenvalue weighted by molar-refractivity contribution is -0.208. The molecule has 0 saturated carbocycles. The van der Waals surface area contributed by atoms with E-state index in [0.29, 0.717) is 4.47 Å². The number of nitrogens with two attached hydrogens (primary N) is 1. The maximum Gasteiger partial charge on any atom is 0.425 e. The summed E-state index contributed by atoms with van der Waals surface area (Å²) in [6.07, 6.45) is -6.86. The predicted molar refractivity (Wildman–Crippen MR) is 101 cm³/mol. The molecule has 5 nitrogen and oxygen atoms in total. The van der Waals surface area contributed by atoms with Crippen molar-refractivity contribution in [3.63, 3.8) is 0 Å². The number of alkyl halides is 3. The molecule has 3 rings (SSSR count). The Bertz CT molecular complexity index is 1010. The highest BCUT2D eigenvalue weighted by atomic mass is 79.9. The summed E-state index contributed by atoms with van der Waals surface area (Å²) in [7, 11) is 0. The number of benzene rings is 1. The summed E-state index contributed by atoms with van der Waals surface area (Å²) in [6, 6.07) is 4.18. The van der Waals surface area contributed by atoms with Crippen LogP contribution in [0.4, 0.5) is 22.0 Å². The van der Waals surface area contributed by atoms with Gasteiger partial charge in [-0.1, -0.05) is 0 Å². The second-order valence-corrected chi connectivity index (χ2v) is 7.89. The number of aliphatic imine (C=N–C) groups is 1. The van der Waals surface area contributed by atoms with E-state index in [1.807, 2.05) is 0 Å². The Morgan fingerprint density at radius 3 is 2.63 bits per heavy atom. The minimum absolute atomic E-state index is 0.0589. The molecule has 2 heterocycles. The van der Waals surface area contributed by atoms with Crippen molar-refractivity contribution in [2.24, 2.45) is 10.7 Å². The Morgan fingerprint density at radius 2 is 2.03 bits per heavy atom. The first kappa shape index (κ1) is 22.1. The lowest BCUT2D eigenvalue weighted by Crippen LogP contribution is -2.46. The number of carbonyl (C=O) groups is 1. The van der Waals surface area contributed by atoms with Crippen LogP contribution in [0.15, 0.2) is 39.9 Å². The third-order valence-electron chi connectivity index (χ3n) is 4.61. The van der Waals surface area contributed by atoms with Gasteiger partial charge < -0.3 is 10.5 Å². The van der Waals surface area contributed by atoms with Crippen molar-refractivity contribution >= 4 is 27.7 Å². The molecule has 0 bridgehead atoms. The molecule has 1 aliphatic rings. The Hall–Kier alpha value is -2.56. The molecular formula is C19H15BrF5N3O2. The molecule has 1 aromatic heterocycles. The van der Waals surface area contributed by atoms with Crippen LogP contribution in [-0.4, -0.2) is 29.1 Å². The van der Waals surface area contributed by atoms with Gasteiger partial charge in [0.1, 0.15) is 5.69 Å². The molecule has 30 heavy (non-hydrogen) atoms. The van der Waals surface area contributed by atoms with E-state index in [-0.39, 0.29) is 17.7 Å². The molecule has 0 aliphatic carbocycles. The van der Waals surface area contributed by atoms with Crippen LogP contribution in [0.5, 0.6) is 0 Å². The fourth-order valence-electron chi connectivity index (χ4n) is 3.17. The first-order valence-corrected chi connectivity index (χ1v) is 9.40. The van der Waals surface area contributed by atoms with Crippen LogP contribution in [0.25, 0.3) is 0 Å². The summed E-state index contributed by atoms with van der Waals surface area (Å²) in [6.45, 7) is 1.20. The summed E-state index contributed by atoms with van der Waals surface area (Å²) in [4.78, 5) is 20.2. The average Bonchev–Trinajstić information content (AvgIpc) is 2.63. The topological polar surface area (TPSA) is 77.6 Å². The molecule has 1 aromatic carbocycles. The predicted octanol–water partition coefficient (Wildman–Crippen LogP) is 4.43. The molecule has 0 fully saturated rings. The van der Waals surface area contributed by atoms with Gasteiger partial charge in [0, 0.05) is 29.1 Å². The highest BCUT2D eigenvalue weighted by molar-refractivity contribution is 9.10. The van der Waals surface area contributed by atoms with Gasteiger partial charge >= 0.3 is 6.18 Å². The standard InChI is InChI=1S/C19H15BrF5N3O2/c1-18(7-15(19(23,24)25)30-17(26)28-18)11-4-9(5-12(21)16(11)22)6-14(29)13-3-2-10(20)8-27-13/h2-5,8,15H,6-7H2,1H3,(H2,26,28)/t15-,18-/m0/s1. The minimum Gasteiger partial charge on any atom is -0.452 e. The number of halogens is 6. The number of ketones is 1. The third-order valence-corrected chi connectivity index (χ3v) is 5.08. The number of Topliss-reactive ketones (excluding diaryl/α,β-unsaturated/α-hetero) is 1. The van der Waals surface area contributed by atoms with E-state index in [0.717, 1.165) is 12.1 Å². The second kappa shape index (κ2) is 7.93. The number of aromatic nitrogens is 1. The summed E-state index contributed by atoms with van der Waals surface area (Å²) < 4.78 is 73.5. The van der Waals surface area contributed by atoms with Crippen LogP contribution in [0.1, 0.15) is 35.0 Å². The SMILES string of the molecule is C[C@@]1(c2cc(CC(=O)c3ccc(Br)cn3)cc(F)c2F)C[C@@H](C(F)(F)F)OC(N)=N1. The van der Waals surface area contributed by atoms with Gasteiger partial charge in [-0.2, -0.15) is 13.2 Å². The maximum absolute atomic E-state index is 14.6. The van der Waals surface area contributed by atoms with E-state index in [1.165, 1.54) is 19.2 Å². The molecule has 0 saturated heterocycles. The van der Waals surface area contributed by atoms with E-state index >= 15 is 0 Å². The first-order chi connectivity index (χ1) is 13.9. The minimum atomic E-state index is -4.78. The van der Waals surface area contributed by atoms with Crippen molar-refractivity contribution in [1.29, 1.82) is 0 Å². The maximum atomic E-state index is 14.6. The van der Waals surface area contributed by atoms with Crippen LogP contribution in [0.2, 0.25) is 0 Å². The van der Waals surface area contributed by atoms with Crippen molar-refractivity contribution in [3.05, 3.63) is 63.4 Å². The van der Waals surface area contributed by atoms with Crippen LogP contribution in [-0.2, 0) is 16.7 Å². The van der Waals surface area contributed by atoms with E-state index in [9.17, 15) is 26.7 Å². The number of amidine groups is 1. The second-order valence-electron chi connectivity index (χ2n) is 6.98. The van der Waals surface area contributed by atoms with Crippen molar-refractivity contribution in [2.45, 2.75) is 37.6 Å². The Kier molecular flexibility index (Phi) is 5.85. The van der Waals surface area contributed by atoms with Crippen LogP contribution in [0, 0.1) is 11.6 Å². The number of hydrogen-bond donors (Lipinski definition) is 1. The zero-order valence-electron chi connectivity index (χ0n) is 15.4. The number of hydrogen-bond acceptors (Lipinski definition) is 5. The summed E-state index contributed by atoms with van der Waals surface area (Å²) in [5, 5.41) is 0. The lowest BCUT2D eigenvalue weighted by Gasteiger charge is -2.36. The first-order valence-electron chi connectivity index (χ1n) is 8.61. The molecule has 11 heteroatoms. The van der Waals surface area contributed by atoms with Crippen molar-refractivity contribution in [3.8, 4) is 0 Å². The van der Waals surface area contributed by atoms with Crippen LogP contribution in [0.3, 0.4) is 0 Å². The molecule has 2 atom stereocenters.